The fourth-order valence-electron chi connectivity index (χ4n) is 1.92. The maximum Gasteiger partial charge on any atom is 0.267 e. The summed E-state index contributed by atoms with van der Waals surface area (Å²) in [6.45, 7) is 6.31. The van der Waals surface area contributed by atoms with E-state index in [2.05, 4.69) is 10.3 Å². The highest BCUT2D eigenvalue weighted by atomic mass is 16.6. The molecule has 1 atom stereocenters. The molecule has 2 rings (SSSR count). The van der Waals surface area contributed by atoms with E-state index < -0.39 is 6.10 Å². The zero-order valence-electron chi connectivity index (χ0n) is 11.7. The molecule has 0 spiro atoms. The molecule has 6 nitrogen and oxygen atoms in total. The van der Waals surface area contributed by atoms with Crippen molar-refractivity contribution < 1.29 is 14.2 Å². The Balaban J connectivity index is 1.90. The van der Waals surface area contributed by atoms with E-state index in [9.17, 15) is 4.79 Å². The largest absolute Gasteiger partial charge is 0.382 e. The average Bonchev–Trinajstić information content (AvgIpc) is 2.97. The van der Waals surface area contributed by atoms with Gasteiger partial charge in [-0.05, 0) is 12.8 Å². The Bertz CT molecular complexity index is 493. The molecule has 0 bridgehead atoms. The summed E-state index contributed by atoms with van der Waals surface area (Å²) in [6, 6.07) is 1.81. The van der Waals surface area contributed by atoms with Crippen molar-refractivity contribution in [2.24, 2.45) is 11.1 Å². The minimum absolute atomic E-state index is 0.0894. The van der Waals surface area contributed by atoms with Crippen LogP contribution in [-0.4, -0.2) is 34.8 Å². The number of nitrogens with zero attached hydrogens (tertiary/aromatic N) is 3. The first-order valence-corrected chi connectivity index (χ1v) is 6.37. The molecule has 0 N–H and O–H groups in total. The number of aryl methyl sites for hydroxylation is 1. The van der Waals surface area contributed by atoms with E-state index in [-0.39, 0.29) is 5.91 Å². The van der Waals surface area contributed by atoms with Crippen molar-refractivity contribution >= 4 is 11.6 Å². The maximum atomic E-state index is 12.2. The van der Waals surface area contributed by atoms with Crippen molar-refractivity contribution in [1.82, 2.24) is 10.1 Å². The SMILES string of the molecule is Cc1cc(CN(C)C(=O)C2CC(C(C)C)=NO2)on1. The second-order valence-corrected chi connectivity index (χ2v) is 5.16. The van der Waals surface area contributed by atoms with Crippen molar-refractivity contribution in [2.75, 3.05) is 7.05 Å². The predicted molar refractivity (Wildman–Crippen MR) is 69.5 cm³/mol. The van der Waals surface area contributed by atoms with Crippen LogP contribution in [0.25, 0.3) is 0 Å². The number of carbonyl (C=O) groups is 1. The fourth-order valence-corrected chi connectivity index (χ4v) is 1.92. The van der Waals surface area contributed by atoms with Gasteiger partial charge in [-0.2, -0.15) is 0 Å². The van der Waals surface area contributed by atoms with Crippen molar-refractivity contribution in [3.05, 3.63) is 17.5 Å². The molecule has 1 aliphatic rings. The lowest BCUT2D eigenvalue weighted by Crippen LogP contribution is -2.36. The van der Waals surface area contributed by atoms with E-state index >= 15 is 0 Å². The predicted octanol–water partition coefficient (Wildman–Crippen LogP) is 1.74. The Morgan fingerprint density at radius 1 is 1.58 bits per heavy atom. The number of amides is 1. The van der Waals surface area contributed by atoms with Crippen LogP contribution in [-0.2, 0) is 16.2 Å². The molecule has 0 saturated carbocycles. The summed E-state index contributed by atoms with van der Waals surface area (Å²) in [5, 5.41) is 7.76. The van der Waals surface area contributed by atoms with Gasteiger partial charge in [0.1, 0.15) is 0 Å². The Kier molecular flexibility index (Phi) is 3.87. The zero-order valence-corrected chi connectivity index (χ0v) is 11.7. The van der Waals surface area contributed by atoms with Gasteiger partial charge in [-0.3, -0.25) is 4.79 Å². The summed E-state index contributed by atoms with van der Waals surface area (Å²) in [7, 11) is 1.72. The quantitative estimate of drug-likeness (QED) is 0.831. The monoisotopic (exact) mass is 265 g/mol. The summed E-state index contributed by atoms with van der Waals surface area (Å²) < 4.78 is 5.09. The summed E-state index contributed by atoms with van der Waals surface area (Å²) >= 11 is 0. The Hall–Kier alpha value is -1.85. The first-order valence-electron chi connectivity index (χ1n) is 6.37. The van der Waals surface area contributed by atoms with Crippen molar-refractivity contribution in [3.63, 3.8) is 0 Å². The number of aromatic nitrogens is 1. The van der Waals surface area contributed by atoms with Gasteiger partial charge in [0.05, 0.1) is 18.0 Å². The van der Waals surface area contributed by atoms with E-state index in [1.165, 1.54) is 0 Å². The third-order valence-corrected chi connectivity index (χ3v) is 3.08. The van der Waals surface area contributed by atoms with E-state index in [0.717, 1.165) is 11.4 Å². The summed E-state index contributed by atoms with van der Waals surface area (Å²) in [5.41, 5.74) is 1.74. The van der Waals surface area contributed by atoms with Gasteiger partial charge in [-0.1, -0.05) is 24.2 Å². The summed E-state index contributed by atoms with van der Waals surface area (Å²) in [6.07, 6.45) is 0.0578. The Morgan fingerprint density at radius 2 is 2.32 bits per heavy atom. The molecule has 0 aliphatic carbocycles. The molecule has 0 fully saturated rings. The fraction of sp³-hybridized carbons (Fsp3) is 0.615. The number of hydrogen-bond acceptors (Lipinski definition) is 5. The molecule has 0 aromatic carbocycles. The number of hydrogen-bond donors (Lipinski definition) is 0. The molecule has 0 saturated heterocycles. The standard InChI is InChI=1S/C13H19N3O3/c1-8(2)11-6-12(19-15-11)13(17)16(4)7-10-5-9(3)14-18-10/h5,8,12H,6-7H2,1-4H3. The van der Waals surface area contributed by atoms with Gasteiger partial charge in [0.25, 0.3) is 5.91 Å². The topological polar surface area (TPSA) is 67.9 Å². The lowest BCUT2D eigenvalue weighted by Gasteiger charge is -2.18. The van der Waals surface area contributed by atoms with Crippen LogP contribution in [0.5, 0.6) is 0 Å². The third kappa shape index (κ3) is 3.13. The van der Waals surface area contributed by atoms with Crippen LogP contribution < -0.4 is 0 Å². The van der Waals surface area contributed by atoms with Crippen LogP contribution in [0.3, 0.4) is 0 Å². The Morgan fingerprint density at radius 3 is 2.84 bits per heavy atom. The highest BCUT2D eigenvalue weighted by Crippen LogP contribution is 2.18. The molecule has 2 heterocycles. The van der Waals surface area contributed by atoms with Gasteiger partial charge in [0.15, 0.2) is 5.76 Å². The maximum absolute atomic E-state index is 12.2. The molecule has 1 amide bonds. The van der Waals surface area contributed by atoms with Crippen LogP contribution in [0.15, 0.2) is 15.7 Å². The van der Waals surface area contributed by atoms with Gasteiger partial charge >= 0.3 is 0 Å². The van der Waals surface area contributed by atoms with Gasteiger partial charge in [-0.25, -0.2) is 0 Å². The molecular weight excluding hydrogens is 246 g/mol. The van der Waals surface area contributed by atoms with Gasteiger partial charge in [0.2, 0.25) is 6.10 Å². The molecule has 1 aromatic rings. The molecule has 1 aliphatic heterocycles. The van der Waals surface area contributed by atoms with Gasteiger partial charge in [0, 0.05) is 19.5 Å². The van der Waals surface area contributed by atoms with E-state index in [1.54, 1.807) is 11.9 Å². The van der Waals surface area contributed by atoms with E-state index in [4.69, 9.17) is 9.36 Å². The highest BCUT2D eigenvalue weighted by molar-refractivity contribution is 5.93. The van der Waals surface area contributed by atoms with Crippen LogP contribution in [0.2, 0.25) is 0 Å². The summed E-state index contributed by atoms with van der Waals surface area (Å²) in [5.74, 6) is 0.879. The van der Waals surface area contributed by atoms with Crippen molar-refractivity contribution in [3.8, 4) is 0 Å². The molecule has 0 radical (unpaired) electrons. The van der Waals surface area contributed by atoms with Crippen molar-refractivity contribution in [1.29, 1.82) is 0 Å². The second kappa shape index (κ2) is 5.42. The van der Waals surface area contributed by atoms with Crippen LogP contribution >= 0.6 is 0 Å². The van der Waals surface area contributed by atoms with Crippen LogP contribution in [0.4, 0.5) is 0 Å². The lowest BCUT2D eigenvalue weighted by molar-refractivity contribution is -0.141. The lowest BCUT2D eigenvalue weighted by atomic mass is 10.0. The smallest absolute Gasteiger partial charge is 0.267 e. The van der Waals surface area contributed by atoms with Crippen LogP contribution in [0, 0.1) is 12.8 Å². The minimum atomic E-state index is -0.508. The number of carbonyl (C=O) groups excluding carboxylic acids is 1. The molecular formula is C13H19N3O3. The third-order valence-electron chi connectivity index (χ3n) is 3.08. The van der Waals surface area contributed by atoms with E-state index in [0.29, 0.717) is 24.6 Å². The average molecular weight is 265 g/mol. The van der Waals surface area contributed by atoms with Crippen molar-refractivity contribution in [2.45, 2.75) is 39.8 Å². The number of oxime groups is 1. The first kappa shape index (κ1) is 13.6. The van der Waals surface area contributed by atoms with E-state index in [1.807, 2.05) is 26.8 Å². The molecule has 6 heteroatoms. The highest BCUT2D eigenvalue weighted by Gasteiger charge is 2.31. The van der Waals surface area contributed by atoms with Gasteiger partial charge < -0.3 is 14.3 Å². The van der Waals surface area contributed by atoms with Crippen LogP contribution in [0.1, 0.15) is 31.7 Å². The minimum Gasteiger partial charge on any atom is -0.382 e. The normalized spacial score (nSPS) is 18.4. The van der Waals surface area contributed by atoms with Gasteiger partial charge in [-0.15, -0.1) is 0 Å². The molecule has 19 heavy (non-hydrogen) atoms. The second-order valence-electron chi connectivity index (χ2n) is 5.16. The zero-order chi connectivity index (χ0) is 14.0. The Labute approximate surface area is 112 Å². The number of rotatable bonds is 4. The molecule has 1 aromatic heterocycles. The molecule has 104 valence electrons. The first-order chi connectivity index (χ1) is 8.97. The summed E-state index contributed by atoms with van der Waals surface area (Å²) in [4.78, 5) is 19.0. The molecule has 1 unspecified atom stereocenters. The number of likely N-dealkylation sites (N-methyl/N-ethyl adjacent to an activating group) is 1.